The molecule has 2 aromatic rings. The van der Waals surface area contributed by atoms with Crippen LogP contribution in [0.5, 0.6) is 11.5 Å². The van der Waals surface area contributed by atoms with Crippen LogP contribution in [0.3, 0.4) is 0 Å². The van der Waals surface area contributed by atoms with Crippen LogP contribution in [-0.2, 0) is 0 Å². The Morgan fingerprint density at radius 3 is 1.25 bits per heavy atom. The van der Waals surface area contributed by atoms with Gasteiger partial charge in [-0.1, -0.05) is 23.2 Å². The molecule has 0 amide bonds. The van der Waals surface area contributed by atoms with Gasteiger partial charge in [-0.05, 0) is 12.1 Å². The fraction of sp³-hybridized carbons (Fsp3) is 0.462. The van der Waals surface area contributed by atoms with E-state index in [-0.39, 0.29) is 85.0 Å². The van der Waals surface area contributed by atoms with Gasteiger partial charge in [0.2, 0.25) is 11.6 Å². The van der Waals surface area contributed by atoms with Gasteiger partial charge >= 0.3 is 0 Å². The first-order chi connectivity index (χ1) is 18.5. The van der Waals surface area contributed by atoms with E-state index < -0.39 is 43.5 Å². The highest BCUT2D eigenvalue weighted by Crippen LogP contribution is 2.51. The van der Waals surface area contributed by atoms with Crippen LogP contribution in [0.25, 0.3) is 0 Å². The Balaban J connectivity index is 2.42. The van der Waals surface area contributed by atoms with Crippen molar-refractivity contribution in [1.82, 2.24) is 0 Å². The number of nitrogens with zero attached hydrogens (tertiary/aromatic N) is 4. The highest BCUT2D eigenvalue weighted by Gasteiger charge is 2.42. The molecule has 14 heteroatoms. The summed E-state index contributed by atoms with van der Waals surface area (Å²) in [4.78, 5) is 31.2. The summed E-state index contributed by atoms with van der Waals surface area (Å²) in [5.41, 5.74) is -1.21. The number of aromatic hydroxyl groups is 2. The van der Waals surface area contributed by atoms with Crippen molar-refractivity contribution in [2.24, 2.45) is 0 Å². The first-order valence-electron chi connectivity index (χ1n) is 12.6. The molecule has 12 nitrogen and oxygen atoms in total. The molecule has 220 valence electrons. The van der Waals surface area contributed by atoms with Gasteiger partial charge < -0.3 is 30.2 Å². The number of anilines is 2. The summed E-state index contributed by atoms with van der Waals surface area (Å²) in [6.45, 7) is -0.379. The fourth-order valence-corrected chi connectivity index (χ4v) is 5.24. The molecular weight excluding hydrogens is 567 g/mol. The Morgan fingerprint density at radius 2 is 0.975 bits per heavy atom. The Kier molecular flexibility index (Phi) is 9.59. The number of hydroxylamine groups is 6. The minimum absolute atomic E-state index is 0.0156. The average Bonchev–Trinajstić information content (AvgIpc) is 2.84. The normalized spacial score (nSPS) is 13.3. The van der Waals surface area contributed by atoms with Crippen molar-refractivity contribution in [1.29, 1.82) is 0 Å². The van der Waals surface area contributed by atoms with Gasteiger partial charge in [-0.2, -0.15) is 9.29 Å². The third kappa shape index (κ3) is 6.45. The molecule has 40 heavy (non-hydrogen) atoms. The average molecular weight is 604 g/mol. The number of rotatable bonds is 12. The van der Waals surface area contributed by atoms with Gasteiger partial charge in [-0.3, -0.25) is 9.59 Å². The lowest BCUT2D eigenvalue weighted by Gasteiger charge is -2.36. The van der Waals surface area contributed by atoms with Crippen molar-refractivity contribution in [3.05, 3.63) is 44.4 Å². The zero-order chi connectivity index (χ0) is 30.2. The van der Waals surface area contributed by atoms with Crippen molar-refractivity contribution in [3.63, 3.8) is 0 Å². The Labute approximate surface area is 242 Å². The van der Waals surface area contributed by atoms with Gasteiger partial charge in [-0.15, -0.1) is 0 Å². The minimum Gasteiger partial charge on any atom is -0.507 e. The fourth-order valence-electron chi connectivity index (χ4n) is 4.63. The molecule has 0 fully saturated rings. The smallest absolute Gasteiger partial charge is 0.200 e. The van der Waals surface area contributed by atoms with Crippen LogP contribution >= 0.6 is 23.2 Å². The summed E-state index contributed by atoms with van der Waals surface area (Å²) in [5.74, 6) is -2.67. The second-order valence-electron chi connectivity index (χ2n) is 10.7. The molecule has 3 rings (SSSR count). The maximum Gasteiger partial charge on any atom is 0.200 e. The summed E-state index contributed by atoms with van der Waals surface area (Å²) >= 11 is 13.6. The molecule has 0 unspecified atom stereocenters. The monoisotopic (exact) mass is 602 g/mol. The molecule has 1 aliphatic rings. The zero-order valence-corrected chi connectivity index (χ0v) is 24.4. The van der Waals surface area contributed by atoms with Crippen LogP contribution in [0.15, 0.2) is 12.1 Å². The number of quaternary nitrogens is 2. The molecule has 0 saturated heterocycles. The number of aliphatic hydroxyl groups is 2. The maximum atomic E-state index is 14.1. The molecule has 0 aromatic heterocycles. The topological polar surface area (TPSA) is 162 Å². The predicted octanol–water partition coefficient (Wildman–Crippen LogP) is 1.71. The number of phenolic OH excluding ortho intramolecular Hbond substituents is 2. The first-order valence-corrected chi connectivity index (χ1v) is 13.3. The van der Waals surface area contributed by atoms with E-state index >= 15 is 0 Å². The highest BCUT2D eigenvalue weighted by molar-refractivity contribution is 6.48. The number of carbonyl (C=O) groups excluding carboxylic acids is 2. The summed E-state index contributed by atoms with van der Waals surface area (Å²) in [7, 11) is 6.13. The number of halogens is 2. The van der Waals surface area contributed by atoms with Gasteiger partial charge in [0.15, 0.2) is 0 Å². The number of aliphatic hydroxyl groups excluding tert-OH is 2. The number of carbonyl (C=O) groups is 2. The standard InChI is InChI=1S/C26H34Cl2N4O8/c1-31(2,39)11-7-29(9-13-33)23-19-20(26(38)18-16(36)6-5-15(35)17(18)25(19)37)24(22(28)21(23)27)30(10-14-34)8-12-32(3,4)40/h5-6,33-34,39-40H,7-14H2,1-4H3/p+2. The second kappa shape index (κ2) is 12.0. The van der Waals surface area contributed by atoms with Crippen molar-refractivity contribution in [3.8, 4) is 11.5 Å². The first kappa shape index (κ1) is 31.8. The number of benzene rings is 2. The van der Waals surface area contributed by atoms with Gasteiger partial charge in [0.1, 0.15) is 24.6 Å². The Hall–Kier alpha value is -2.68. The third-order valence-electron chi connectivity index (χ3n) is 6.61. The highest BCUT2D eigenvalue weighted by atomic mass is 35.5. The van der Waals surface area contributed by atoms with E-state index in [0.717, 1.165) is 12.1 Å². The van der Waals surface area contributed by atoms with Gasteiger partial charge in [0, 0.05) is 13.1 Å². The number of likely N-dealkylation sites (N-methyl/N-ethyl adjacent to an activating group) is 2. The van der Waals surface area contributed by atoms with E-state index in [9.17, 15) is 40.4 Å². The van der Waals surface area contributed by atoms with Crippen molar-refractivity contribution in [2.45, 2.75) is 0 Å². The van der Waals surface area contributed by atoms with E-state index in [1.807, 2.05) is 0 Å². The number of hydrogen-bond donors (Lipinski definition) is 6. The molecule has 1 aliphatic carbocycles. The van der Waals surface area contributed by atoms with E-state index in [1.54, 1.807) is 0 Å². The number of ketones is 2. The van der Waals surface area contributed by atoms with Crippen molar-refractivity contribution < 1.29 is 49.7 Å². The van der Waals surface area contributed by atoms with Crippen molar-refractivity contribution >= 4 is 46.1 Å². The molecule has 0 heterocycles. The van der Waals surface area contributed by atoms with Gasteiger partial charge in [0.25, 0.3) is 0 Å². The summed E-state index contributed by atoms with van der Waals surface area (Å²) in [6.07, 6.45) is 0. The summed E-state index contributed by atoms with van der Waals surface area (Å²) in [6, 6.07) is 2.19. The lowest BCUT2D eigenvalue weighted by molar-refractivity contribution is -1.07. The SMILES string of the molecule is C[N+](C)(O)CCN(CCO)c1c(Cl)c(Cl)c(N(CCO)CC[N+](C)(C)O)c2c1C(=O)c1c(O)ccc(O)c1C2=O. The van der Waals surface area contributed by atoms with Crippen LogP contribution < -0.4 is 9.80 Å². The Morgan fingerprint density at radius 1 is 0.650 bits per heavy atom. The molecule has 6 N–H and O–H groups in total. The Bertz CT molecular complexity index is 1210. The zero-order valence-electron chi connectivity index (χ0n) is 22.9. The second-order valence-corrected chi connectivity index (χ2v) is 11.5. The maximum absolute atomic E-state index is 14.1. The third-order valence-corrected chi connectivity index (χ3v) is 7.44. The number of hydrogen-bond acceptors (Lipinski definition) is 10. The number of fused-ring (bicyclic) bond motifs is 2. The largest absolute Gasteiger partial charge is 0.507 e. The van der Waals surface area contributed by atoms with E-state index in [4.69, 9.17) is 23.2 Å². The van der Waals surface area contributed by atoms with Gasteiger partial charge in [0.05, 0.1) is 98.2 Å². The van der Waals surface area contributed by atoms with E-state index in [2.05, 4.69) is 0 Å². The van der Waals surface area contributed by atoms with Crippen LogP contribution in [-0.4, -0.2) is 132 Å². The lowest BCUT2D eigenvalue weighted by atomic mass is 9.80. The van der Waals surface area contributed by atoms with Crippen LogP contribution in [0.4, 0.5) is 11.4 Å². The predicted molar refractivity (Wildman–Crippen MR) is 149 cm³/mol. The van der Waals surface area contributed by atoms with Gasteiger partial charge in [-0.25, -0.2) is 10.4 Å². The molecule has 0 atom stereocenters. The van der Waals surface area contributed by atoms with E-state index in [0.29, 0.717) is 0 Å². The molecule has 0 saturated carbocycles. The molecule has 0 bridgehead atoms. The van der Waals surface area contributed by atoms with Crippen LogP contribution in [0, 0.1) is 0 Å². The quantitative estimate of drug-likeness (QED) is 0.102. The molecular formula is C26H36Cl2N4O8+2. The summed E-state index contributed by atoms with van der Waals surface area (Å²) < 4.78 is -0.894. The molecule has 0 radical (unpaired) electrons. The number of phenols is 2. The summed E-state index contributed by atoms with van der Waals surface area (Å²) in [5, 5.41) is 61.2. The van der Waals surface area contributed by atoms with Crippen molar-refractivity contribution in [2.75, 3.05) is 90.5 Å². The van der Waals surface area contributed by atoms with E-state index in [1.165, 1.54) is 38.0 Å². The van der Waals surface area contributed by atoms with Crippen LogP contribution in [0.1, 0.15) is 31.8 Å². The molecule has 0 spiro atoms. The molecule has 0 aliphatic heterocycles. The molecule has 2 aromatic carbocycles. The lowest BCUT2D eigenvalue weighted by Crippen LogP contribution is -2.45. The minimum atomic E-state index is -0.810. The van der Waals surface area contributed by atoms with Crippen LogP contribution in [0.2, 0.25) is 10.0 Å².